The van der Waals surface area contributed by atoms with Crippen molar-refractivity contribution in [3.05, 3.63) is 0 Å². The van der Waals surface area contributed by atoms with E-state index in [4.69, 9.17) is 5.11 Å². The molecule has 0 aromatic heterocycles. The number of amides is 1. The summed E-state index contributed by atoms with van der Waals surface area (Å²) in [4.78, 5) is 21.5. The molecule has 0 aliphatic heterocycles. The minimum absolute atomic E-state index is 0.0319. The van der Waals surface area contributed by atoms with Crippen LogP contribution in [0.4, 0.5) is 13.2 Å². The van der Waals surface area contributed by atoms with Crippen LogP contribution in [0.15, 0.2) is 0 Å². The number of hydrogen-bond donors (Lipinski definition) is 2. The number of carboxylic acids is 1. The lowest BCUT2D eigenvalue weighted by Gasteiger charge is -2.40. The van der Waals surface area contributed by atoms with Gasteiger partial charge in [-0.25, -0.2) is 4.79 Å². The fraction of sp³-hybridized carbons (Fsp3) is 0.800. The Bertz CT molecular complexity index is 323. The van der Waals surface area contributed by atoms with E-state index in [1.165, 1.54) is 5.32 Å². The van der Waals surface area contributed by atoms with E-state index in [2.05, 4.69) is 0 Å². The van der Waals surface area contributed by atoms with Gasteiger partial charge in [0.25, 0.3) is 0 Å². The molecule has 1 rings (SSSR count). The maximum absolute atomic E-state index is 12.0. The molecule has 0 aromatic carbocycles. The molecule has 7 heteroatoms. The molecule has 4 nitrogen and oxygen atoms in total. The average Bonchev–Trinajstić information content (AvgIpc) is 2.12. The summed E-state index contributed by atoms with van der Waals surface area (Å²) in [6.07, 6.45) is -2.52. The number of carbonyl (C=O) groups excluding carboxylic acids is 1. The fourth-order valence-electron chi connectivity index (χ4n) is 1.92. The summed E-state index contributed by atoms with van der Waals surface area (Å²) in [5.74, 6) is -3.64. The molecule has 0 radical (unpaired) electrons. The van der Waals surface area contributed by atoms with Crippen LogP contribution in [0.2, 0.25) is 0 Å². The zero-order valence-electron chi connectivity index (χ0n) is 9.30. The van der Waals surface area contributed by atoms with E-state index in [0.29, 0.717) is 0 Å². The summed E-state index contributed by atoms with van der Waals surface area (Å²) in [5.41, 5.74) is -0.276. The highest BCUT2D eigenvalue weighted by Crippen LogP contribution is 2.44. The topological polar surface area (TPSA) is 66.4 Å². The van der Waals surface area contributed by atoms with Crippen LogP contribution in [0, 0.1) is 5.41 Å². The third-order valence-electron chi connectivity index (χ3n) is 3.12. The smallest absolute Gasteiger partial charge is 0.471 e. The molecule has 1 aliphatic rings. The highest BCUT2D eigenvalue weighted by atomic mass is 19.4. The van der Waals surface area contributed by atoms with Crippen LogP contribution in [0.3, 0.4) is 0 Å². The van der Waals surface area contributed by atoms with Crippen LogP contribution in [0.5, 0.6) is 0 Å². The first-order valence-corrected chi connectivity index (χ1v) is 5.25. The van der Waals surface area contributed by atoms with Crippen molar-refractivity contribution in [2.75, 3.05) is 0 Å². The molecule has 0 heterocycles. The predicted octanol–water partition coefficient (Wildman–Crippen LogP) is 1.70. The van der Waals surface area contributed by atoms with Crippen molar-refractivity contribution in [3.8, 4) is 0 Å². The number of halogens is 3. The Balaban J connectivity index is 2.61. The lowest BCUT2D eigenvalue weighted by Crippen LogP contribution is -2.49. The van der Waals surface area contributed by atoms with E-state index in [1.807, 2.05) is 6.92 Å². The number of carboxylic acid groups (broad SMARTS) is 1. The minimum Gasteiger partial charge on any atom is -0.480 e. The molecule has 1 saturated carbocycles. The summed E-state index contributed by atoms with van der Waals surface area (Å²) < 4.78 is 36.0. The Morgan fingerprint density at radius 1 is 1.41 bits per heavy atom. The van der Waals surface area contributed by atoms with Gasteiger partial charge in [0.15, 0.2) is 0 Å². The van der Waals surface area contributed by atoms with Gasteiger partial charge in [-0.1, -0.05) is 13.3 Å². The minimum atomic E-state index is -5.05. The van der Waals surface area contributed by atoms with Crippen molar-refractivity contribution in [1.82, 2.24) is 5.32 Å². The third-order valence-corrected chi connectivity index (χ3v) is 3.12. The Morgan fingerprint density at radius 2 is 1.94 bits per heavy atom. The molecule has 2 N–H and O–H groups in total. The highest BCUT2D eigenvalue weighted by molar-refractivity contribution is 5.86. The van der Waals surface area contributed by atoms with Crippen molar-refractivity contribution >= 4 is 11.9 Å². The summed E-state index contributed by atoms with van der Waals surface area (Å²) >= 11 is 0. The van der Waals surface area contributed by atoms with Crippen LogP contribution in [0.25, 0.3) is 0 Å². The zero-order chi connectivity index (χ0) is 13.3. The van der Waals surface area contributed by atoms with E-state index < -0.39 is 24.1 Å². The zero-order valence-corrected chi connectivity index (χ0v) is 9.30. The monoisotopic (exact) mass is 253 g/mol. The van der Waals surface area contributed by atoms with Crippen LogP contribution in [0.1, 0.15) is 32.6 Å². The molecule has 0 saturated heterocycles. The number of hydrogen-bond acceptors (Lipinski definition) is 2. The van der Waals surface area contributed by atoms with Crippen LogP contribution >= 0.6 is 0 Å². The van der Waals surface area contributed by atoms with Gasteiger partial charge in [0, 0.05) is 0 Å². The maximum atomic E-state index is 12.0. The van der Waals surface area contributed by atoms with Gasteiger partial charge in [0.05, 0.1) is 0 Å². The van der Waals surface area contributed by atoms with Gasteiger partial charge >= 0.3 is 18.1 Å². The number of carbonyl (C=O) groups is 2. The van der Waals surface area contributed by atoms with E-state index in [-0.39, 0.29) is 11.8 Å². The molecule has 1 unspecified atom stereocenters. The van der Waals surface area contributed by atoms with Crippen molar-refractivity contribution in [1.29, 1.82) is 0 Å². The first kappa shape index (κ1) is 13.8. The van der Waals surface area contributed by atoms with Crippen molar-refractivity contribution in [2.24, 2.45) is 5.41 Å². The highest BCUT2D eigenvalue weighted by Gasteiger charge is 2.43. The van der Waals surface area contributed by atoms with E-state index in [9.17, 15) is 22.8 Å². The Labute approximate surface area is 96.2 Å². The second-order valence-electron chi connectivity index (χ2n) is 4.73. The predicted molar refractivity (Wildman–Crippen MR) is 52.2 cm³/mol. The van der Waals surface area contributed by atoms with Gasteiger partial charge in [-0.3, -0.25) is 4.79 Å². The Kier molecular flexibility index (Phi) is 3.68. The molecule has 1 fully saturated rings. The molecule has 1 amide bonds. The maximum Gasteiger partial charge on any atom is 0.471 e. The Morgan fingerprint density at radius 3 is 2.24 bits per heavy atom. The molecule has 1 atom stereocenters. The van der Waals surface area contributed by atoms with Crippen LogP contribution in [-0.2, 0) is 9.59 Å². The van der Waals surface area contributed by atoms with Crippen molar-refractivity contribution < 1.29 is 27.9 Å². The average molecular weight is 253 g/mol. The number of rotatable bonds is 4. The summed E-state index contributed by atoms with van der Waals surface area (Å²) in [5, 5.41) is 10.3. The summed E-state index contributed by atoms with van der Waals surface area (Å²) in [6.45, 7) is 1.81. The normalized spacial score (nSPS) is 20.2. The first-order chi connectivity index (χ1) is 7.64. The SMILES string of the molecule is CC1(CC(NC(=O)C(F)(F)F)C(=O)O)CCC1. The van der Waals surface area contributed by atoms with Gasteiger partial charge in [-0.15, -0.1) is 0 Å². The van der Waals surface area contributed by atoms with Crippen LogP contribution in [-0.4, -0.2) is 29.2 Å². The number of nitrogens with one attached hydrogen (secondary N) is 1. The molecule has 1 aliphatic carbocycles. The molecular weight excluding hydrogens is 239 g/mol. The van der Waals surface area contributed by atoms with Crippen LogP contribution < -0.4 is 5.32 Å². The largest absolute Gasteiger partial charge is 0.480 e. The second kappa shape index (κ2) is 4.54. The molecular formula is C10H14F3NO3. The standard InChI is InChI=1S/C10H14F3NO3/c1-9(3-2-4-9)5-6(7(15)16)14-8(17)10(11,12)13/h6H,2-5H2,1H3,(H,14,17)(H,15,16). The molecule has 0 bridgehead atoms. The lowest BCUT2D eigenvalue weighted by molar-refractivity contribution is -0.176. The van der Waals surface area contributed by atoms with Gasteiger partial charge in [0.1, 0.15) is 6.04 Å². The first-order valence-electron chi connectivity index (χ1n) is 5.25. The molecule has 17 heavy (non-hydrogen) atoms. The fourth-order valence-corrected chi connectivity index (χ4v) is 1.92. The second-order valence-corrected chi connectivity index (χ2v) is 4.73. The van der Waals surface area contributed by atoms with Gasteiger partial charge < -0.3 is 10.4 Å². The molecule has 0 aromatic rings. The van der Waals surface area contributed by atoms with Crippen molar-refractivity contribution in [3.63, 3.8) is 0 Å². The number of aliphatic carboxylic acids is 1. The van der Waals surface area contributed by atoms with E-state index in [1.54, 1.807) is 0 Å². The summed E-state index contributed by atoms with van der Waals surface area (Å²) in [6, 6.07) is -1.48. The van der Waals surface area contributed by atoms with Crippen molar-refractivity contribution in [2.45, 2.75) is 44.8 Å². The van der Waals surface area contributed by atoms with E-state index >= 15 is 0 Å². The summed E-state index contributed by atoms with van der Waals surface area (Å²) in [7, 11) is 0. The third kappa shape index (κ3) is 3.61. The Hall–Kier alpha value is -1.27. The van der Waals surface area contributed by atoms with Gasteiger partial charge in [-0.2, -0.15) is 13.2 Å². The molecule has 98 valence electrons. The van der Waals surface area contributed by atoms with Gasteiger partial charge in [-0.05, 0) is 24.7 Å². The quantitative estimate of drug-likeness (QED) is 0.801. The van der Waals surface area contributed by atoms with E-state index in [0.717, 1.165) is 19.3 Å². The van der Waals surface area contributed by atoms with Gasteiger partial charge in [0.2, 0.25) is 0 Å². The lowest BCUT2D eigenvalue weighted by atomic mass is 9.67. The molecule has 0 spiro atoms. The number of alkyl halides is 3.